The highest BCUT2D eigenvalue weighted by Crippen LogP contribution is 2.24. The fourth-order valence-electron chi connectivity index (χ4n) is 3.35. The molecule has 0 saturated carbocycles. The molecule has 0 bridgehead atoms. The van der Waals surface area contributed by atoms with E-state index >= 15 is 0 Å². The highest BCUT2D eigenvalue weighted by atomic mass is 16.5. The Morgan fingerprint density at radius 3 is 2.59 bits per heavy atom. The van der Waals surface area contributed by atoms with Gasteiger partial charge in [0.15, 0.2) is 0 Å². The third kappa shape index (κ3) is 4.66. The van der Waals surface area contributed by atoms with E-state index in [0.29, 0.717) is 26.1 Å². The summed E-state index contributed by atoms with van der Waals surface area (Å²) in [6.45, 7) is 4.87. The number of nitrogens with zero attached hydrogens (tertiary/aromatic N) is 2. The standard InChI is InChI=1S/C15H27N3O4/c1-12(19)16-13-3-6-17(7-4-13)10-15(21)5-8-18(11-15)14(20)9-22-2/h13,21H,3-11H2,1-2H3,(H,16,19). The summed E-state index contributed by atoms with van der Waals surface area (Å²) < 4.78 is 4.86. The molecule has 1 unspecified atom stereocenters. The third-order valence-corrected chi connectivity index (χ3v) is 4.47. The Balaban J connectivity index is 1.77. The fourth-order valence-corrected chi connectivity index (χ4v) is 3.35. The van der Waals surface area contributed by atoms with E-state index in [4.69, 9.17) is 4.74 Å². The normalized spacial score (nSPS) is 27.1. The van der Waals surface area contributed by atoms with Crippen LogP contribution in [-0.4, -0.2) is 84.8 Å². The summed E-state index contributed by atoms with van der Waals surface area (Å²) in [7, 11) is 1.50. The van der Waals surface area contributed by atoms with Crippen molar-refractivity contribution >= 4 is 11.8 Å². The third-order valence-electron chi connectivity index (χ3n) is 4.47. The second kappa shape index (κ2) is 7.39. The number of likely N-dealkylation sites (tertiary alicyclic amines) is 2. The maximum atomic E-state index is 11.8. The van der Waals surface area contributed by atoms with Gasteiger partial charge in [-0.1, -0.05) is 0 Å². The minimum Gasteiger partial charge on any atom is -0.387 e. The van der Waals surface area contributed by atoms with Gasteiger partial charge in [-0.3, -0.25) is 9.59 Å². The Morgan fingerprint density at radius 1 is 1.32 bits per heavy atom. The number of piperidine rings is 1. The Bertz CT molecular complexity index is 410. The Morgan fingerprint density at radius 2 is 2.00 bits per heavy atom. The molecule has 7 nitrogen and oxygen atoms in total. The molecule has 0 aromatic rings. The lowest BCUT2D eigenvalue weighted by molar-refractivity contribution is -0.135. The summed E-state index contributed by atoms with van der Waals surface area (Å²) in [5.74, 6) is -0.0528. The van der Waals surface area contributed by atoms with E-state index < -0.39 is 5.60 Å². The van der Waals surface area contributed by atoms with Crippen LogP contribution in [0.5, 0.6) is 0 Å². The summed E-state index contributed by atoms with van der Waals surface area (Å²) in [6.07, 6.45) is 2.41. The second-order valence-electron chi connectivity index (χ2n) is 6.47. The van der Waals surface area contributed by atoms with Gasteiger partial charge in [-0.25, -0.2) is 0 Å². The van der Waals surface area contributed by atoms with E-state index in [1.54, 1.807) is 11.8 Å². The van der Waals surface area contributed by atoms with Gasteiger partial charge in [0.2, 0.25) is 11.8 Å². The van der Waals surface area contributed by atoms with Crippen LogP contribution < -0.4 is 5.32 Å². The first-order valence-electron chi connectivity index (χ1n) is 7.90. The molecule has 0 aliphatic carbocycles. The Kier molecular flexibility index (Phi) is 5.77. The molecule has 126 valence electrons. The minimum absolute atomic E-state index is 0.0140. The van der Waals surface area contributed by atoms with Gasteiger partial charge in [0.1, 0.15) is 6.61 Å². The van der Waals surface area contributed by atoms with Gasteiger partial charge in [-0.2, -0.15) is 0 Å². The van der Waals surface area contributed by atoms with Crippen LogP contribution in [0.2, 0.25) is 0 Å². The van der Waals surface area contributed by atoms with Crippen LogP contribution in [-0.2, 0) is 14.3 Å². The molecule has 2 fully saturated rings. The van der Waals surface area contributed by atoms with Crippen LogP contribution >= 0.6 is 0 Å². The SMILES string of the molecule is COCC(=O)N1CCC(O)(CN2CCC(NC(C)=O)CC2)C1. The average molecular weight is 313 g/mol. The number of nitrogens with one attached hydrogen (secondary N) is 1. The number of hydrogen-bond acceptors (Lipinski definition) is 5. The minimum atomic E-state index is -0.829. The van der Waals surface area contributed by atoms with E-state index in [0.717, 1.165) is 25.9 Å². The largest absolute Gasteiger partial charge is 0.387 e. The van der Waals surface area contributed by atoms with Crippen molar-refractivity contribution in [1.82, 2.24) is 15.1 Å². The molecular formula is C15H27N3O4. The summed E-state index contributed by atoms with van der Waals surface area (Å²) in [4.78, 5) is 26.8. The zero-order valence-corrected chi connectivity index (χ0v) is 13.5. The van der Waals surface area contributed by atoms with Crippen molar-refractivity contribution in [3.05, 3.63) is 0 Å². The quantitative estimate of drug-likeness (QED) is 0.694. The van der Waals surface area contributed by atoms with Gasteiger partial charge in [0.05, 0.1) is 12.1 Å². The van der Waals surface area contributed by atoms with E-state index in [1.165, 1.54) is 7.11 Å². The fraction of sp³-hybridized carbons (Fsp3) is 0.867. The lowest BCUT2D eigenvalue weighted by atomic mass is 9.99. The monoisotopic (exact) mass is 313 g/mol. The first-order valence-corrected chi connectivity index (χ1v) is 7.90. The van der Waals surface area contributed by atoms with Crippen LogP contribution in [0.15, 0.2) is 0 Å². The van der Waals surface area contributed by atoms with Crippen LogP contribution in [0.25, 0.3) is 0 Å². The van der Waals surface area contributed by atoms with E-state index in [2.05, 4.69) is 10.2 Å². The van der Waals surface area contributed by atoms with Crippen molar-refractivity contribution in [1.29, 1.82) is 0 Å². The number of amides is 2. The molecule has 0 aromatic heterocycles. The van der Waals surface area contributed by atoms with Crippen molar-refractivity contribution < 1.29 is 19.4 Å². The molecule has 22 heavy (non-hydrogen) atoms. The summed E-state index contributed by atoms with van der Waals surface area (Å²) >= 11 is 0. The van der Waals surface area contributed by atoms with Gasteiger partial charge < -0.3 is 25.0 Å². The Labute approximate surface area is 131 Å². The average Bonchev–Trinajstić information content (AvgIpc) is 2.83. The van der Waals surface area contributed by atoms with Crippen LogP contribution in [0.4, 0.5) is 0 Å². The molecule has 2 saturated heterocycles. The van der Waals surface area contributed by atoms with Gasteiger partial charge in [-0.05, 0) is 19.3 Å². The van der Waals surface area contributed by atoms with E-state index in [-0.39, 0.29) is 24.5 Å². The lowest BCUT2D eigenvalue weighted by Crippen LogP contribution is -2.51. The number of carbonyl (C=O) groups is 2. The molecule has 2 rings (SSSR count). The van der Waals surface area contributed by atoms with Gasteiger partial charge in [0, 0.05) is 46.3 Å². The zero-order chi connectivity index (χ0) is 16.2. The number of β-amino-alcohol motifs (C(OH)–C–C–N with tert-alkyl or cyclic N) is 1. The van der Waals surface area contributed by atoms with E-state index in [1.807, 2.05) is 0 Å². The molecule has 7 heteroatoms. The summed E-state index contributed by atoms with van der Waals surface area (Å²) in [5, 5.41) is 13.6. The van der Waals surface area contributed by atoms with Crippen molar-refractivity contribution in [3.8, 4) is 0 Å². The number of hydrogen-bond donors (Lipinski definition) is 2. The van der Waals surface area contributed by atoms with Gasteiger partial charge in [0.25, 0.3) is 0 Å². The Hall–Kier alpha value is -1.18. The number of aliphatic hydroxyl groups is 1. The second-order valence-corrected chi connectivity index (χ2v) is 6.47. The summed E-state index contributed by atoms with van der Waals surface area (Å²) in [5.41, 5.74) is -0.829. The predicted octanol–water partition coefficient (Wildman–Crippen LogP) is -0.803. The first-order chi connectivity index (χ1) is 10.4. The first kappa shape index (κ1) is 17.2. The van der Waals surface area contributed by atoms with Crippen LogP contribution in [0.1, 0.15) is 26.2 Å². The maximum absolute atomic E-state index is 11.8. The maximum Gasteiger partial charge on any atom is 0.248 e. The number of carbonyl (C=O) groups excluding carboxylic acids is 2. The van der Waals surface area contributed by atoms with E-state index in [9.17, 15) is 14.7 Å². The number of methoxy groups -OCH3 is 1. The highest BCUT2D eigenvalue weighted by Gasteiger charge is 2.39. The molecule has 0 spiro atoms. The van der Waals surface area contributed by atoms with Crippen molar-refractivity contribution in [2.45, 2.75) is 37.8 Å². The van der Waals surface area contributed by atoms with Crippen molar-refractivity contribution in [3.63, 3.8) is 0 Å². The zero-order valence-electron chi connectivity index (χ0n) is 13.5. The van der Waals surface area contributed by atoms with Crippen LogP contribution in [0.3, 0.4) is 0 Å². The number of ether oxygens (including phenoxy) is 1. The van der Waals surface area contributed by atoms with Gasteiger partial charge in [-0.15, -0.1) is 0 Å². The van der Waals surface area contributed by atoms with Gasteiger partial charge >= 0.3 is 0 Å². The van der Waals surface area contributed by atoms with Crippen LogP contribution in [0, 0.1) is 0 Å². The van der Waals surface area contributed by atoms with Crippen molar-refractivity contribution in [2.24, 2.45) is 0 Å². The molecular weight excluding hydrogens is 286 g/mol. The molecule has 1 atom stereocenters. The smallest absolute Gasteiger partial charge is 0.248 e. The number of rotatable bonds is 5. The highest BCUT2D eigenvalue weighted by molar-refractivity contribution is 5.77. The van der Waals surface area contributed by atoms with Crippen molar-refractivity contribution in [2.75, 3.05) is 46.4 Å². The topological polar surface area (TPSA) is 82.1 Å². The molecule has 2 N–H and O–H groups in total. The molecule has 2 amide bonds. The molecule has 0 radical (unpaired) electrons. The predicted molar refractivity (Wildman–Crippen MR) is 81.3 cm³/mol. The summed E-state index contributed by atoms with van der Waals surface area (Å²) in [6, 6.07) is 0.242. The lowest BCUT2D eigenvalue weighted by Gasteiger charge is -2.36. The molecule has 2 aliphatic heterocycles. The molecule has 2 heterocycles. The molecule has 0 aromatic carbocycles. The molecule has 2 aliphatic rings.